The van der Waals surface area contributed by atoms with E-state index in [9.17, 15) is 0 Å². The maximum Gasteiger partial charge on any atom is 0.0717 e. The maximum atomic E-state index is 6.11. The SMILES string of the molecule is c1ccc(COC[C@H]2CC[C@H](COCc3ccccc3)N2Cc2ccccc2)cc1. The molecule has 4 rings (SSSR count). The summed E-state index contributed by atoms with van der Waals surface area (Å²) in [7, 11) is 0. The fraction of sp³-hybridized carbons (Fsp3) is 0.333. The summed E-state index contributed by atoms with van der Waals surface area (Å²) >= 11 is 0. The number of ether oxygens (including phenoxy) is 2. The summed E-state index contributed by atoms with van der Waals surface area (Å²) in [5.41, 5.74) is 3.81. The molecule has 0 aromatic heterocycles. The molecule has 0 bridgehead atoms. The lowest BCUT2D eigenvalue weighted by Gasteiger charge is -2.30. The van der Waals surface area contributed by atoms with E-state index in [2.05, 4.69) is 83.8 Å². The molecule has 0 unspecified atom stereocenters. The van der Waals surface area contributed by atoms with Gasteiger partial charge in [-0.3, -0.25) is 4.90 Å². The van der Waals surface area contributed by atoms with Crippen molar-refractivity contribution in [3.05, 3.63) is 108 Å². The molecule has 0 saturated carbocycles. The highest BCUT2D eigenvalue weighted by Crippen LogP contribution is 2.27. The first-order valence-corrected chi connectivity index (χ1v) is 10.9. The Morgan fingerprint density at radius 2 is 0.967 bits per heavy atom. The van der Waals surface area contributed by atoms with Gasteiger partial charge >= 0.3 is 0 Å². The van der Waals surface area contributed by atoms with Gasteiger partial charge in [0.2, 0.25) is 0 Å². The number of hydrogen-bond donors (Lipinski definition) is 0. The molecule has 1 aliphatic heterocycles. The van der Waals surface area contributed by atoms with Crippen molar-refractivity contribution < 1.29 is 9.47 Å². The predicted octanol–water partition coefficient (Wildman–Crippen LogP) is 5.45. The fourth-order valence-electron chi connectivity index (χ4n) is 4.20. The van der Waals surface area contributed by atoms with Crippen LogP contribution in [0.5, 0.6) is 0 Å². The zero-order valence-electron chi connectivity index (χ0n) is 17.5. The molecular weight excluding hydrogens is 370 g/mol. The van der Waals surface area contributed by atoms with E-state index in [1.807, 2.05) is 12.1 Å². The average molecular weight is 402 g/mol. The molecule has 1 aliphatic rings. The molecule has 2 atom stereocenters. The third-order valence-electron chi connectivity index (χ3n) is 5.82. The van der Waals surface area contributed by atoms with Crippen LogP contribution in [0.3, 0.4) is 0 Å². The molecule has 156 valence electrons. The van der Waals surface area contributed by atoms with Crippen molar-refractivity contribution in [1.82, 2.24) is 4.90 Å². The summed E-state index contributed by atoms with van der Waals surface area (Å²) in [6.45, 7) is 3.81. The summed E-state index contributed by atoms with van der Waals surface area (Å²) in [5, 5.41) is 0. The average Bonchev–Trinajstić information content (AvgIpc) is 3.17. The lowest BCUT2D eigenvalue weighted by Crippen LogP contribution is -2.40. The molecule has 0 amide bonds. The number of nitrogens with zero attached hydrogens (tertiary/aromatic N) is 1. The van der Waals surface area contributed by atoms with E-state index in [0.717, 1.165) is 32.6 Å². The van der Waals surface area contributed by atoms with Gasteiger partial charge < -0.3 is 9.47 Å². The van der Waals surface area contributed by atoms with Gasteiger partial charge in [0.05, 0.1) is 26.4 Å². The zero-order valence-corrected chi connectivity index (χ0v) is 17.5. The molecule has 0 radical (unpaired) electrons. The van der Waals surface area contributed by atoms with Crippen LogP contribution in [0.25, 0.3) is 0 Å². The summed E-state index contributed by atoms with van der Waals surface area (Å²) in [4.78, 5) is 2.59. The topological polar surface area (TPSA) is 21.7 Å². The first-order valence-electron chi connectivity index (χ1n) is 10.9. The Hall–Kier alpha value is -2.46. The van der Waals surface area contributed by atoms with Crippen molar-refractivity contribution in [2.24, 2.45) is 0 Å². The van der Waals surface area contributed by atoms with E-state index in [4.69, 9.17) is 9.47 Å². The maximum absolute atomic E-state index is 6.11. The summed E-state index contributed by atoms with van der Waals surface area (Å²) < 4.78 is 12.2. The first kappa shape index (κ1) is 20.8. The van der Waals surface area contributed by atoms with Gasteiger partial charge in [0.15, 0.2) is 0 Å². The largest absolute Gasteiger partial charge is 0.375 e. The minimum atomic E-state index is 0.430. The van der Waals surface area contributed by atoms with Crippen molar-refractivity contribution >= 4 is 0 Å². The van der Waals surface area contributed by atoms with Gasteiger partial charge in [-0.25, -0.2) is 0 Å². The Morgan fingerprint density at radius 3 is 1.40 bits per heavy atom. The fourth-order valence-corrected chi connectivity index (χ4v) is 4.20. The molecule has 1 heterocycles. The van der Waals surface area contributed by atoms with Crippen molar-refractivity contribution in [2.75, 3.05) is 13.2 Å². The third-order valence-corrected chi connectivity index (χ3v) is 5.82. The number of hydrogen-bond acceptors (Lipinski definition) is 3. The lowest BCUT2D eigenvalue weighted by molar-refractivity contribution is 0.0212. The Morgan fingerprint density at radius 1 is 0.567 bits per heavy atom. The van der Waals surface area contributed by atoms with Crippen LogP contribution in [0.2, 0.25) is 0 Å². The van der Waals surface area contributed by atoms with Gasteiger partial charge in [0.25, 0.3) is 0 Å². The molecule has 1 saturated heterocycles. The van der Waals surface area contributed by atoms with E-state index in [1.54, 1.807) is 0 Å². The van der Waals surface area contributed by atoms with Crippen LogP contribution in [0.15, 0.2) is 91.0 Å². The van der Waals surface area contributed by atoms with E-state index in [-0.39, 0.29) is 0 Å². The predicted molar refractivity (Wildman–Crippen MR) is 121 cm³/mol. The third kappa shape index (κ3) is 6.02. The van der Waals surface area contributed by atoms with E-state index in [0.29, 0.717) is 25.3 Å². The van der Waals surface area contributed by atoms with Crippen molar-refractivity contribution in [3.63, 3.8) is 0 Å². The van der Waals surface area contributed by atoms with Crippen LogP contribution in [0.4, 0.5) is 0 Å². The second-order valence-electron chi connectivity index (χ2n) is 8.04. The molecule has 3 aromatic carbocycles. The molecule has 3 heteroatoms. The molecule has 30 heavy (non-hydrogen) atoms. The van der Waals surface area contributed by atoms with Gasteiger partial charge in [0.1, 0.15) is 0 Å². The van der Waals surface area contributed by atoms with Crippen LogP contribution in [0, 0.1) is 0 Å². The molecule has 0 aliphatic carbocycles. The molecule has 0 spiro atoms. The van der Waals surface area contributed by atoms with Crippen molar-refractivity contribution in [3.8, 4) is 0 Å². The highest BCUT2D eigenvalue weighted by atomic mass is 16.5. The number of rotatable bonds is 10. The Bertz CT molecular complexity index is 800. The van der Waals surface area contributed by atoms with Gasteiger partial charge in [-0.1, -0.05) is 91.0 Å². The second kappa shape index (κ2) is 11.1. The molecule has 0 N–H and O–H groups in total. The smallest absolute Gasteiger partial charge is 0.0717 e. The van der Waals surface area contributed by atoms with Crippen LogP contribution in [-0.4, -0.2) is 30.2 Å². The van der Waals surface area contributed by atoms with E-state index >= 15 is 0 Å². The summed E-state index contributed by atoms with van der Waals surface area (Å²) in [6, 6.07) is 32.4. The number of likely N-dealkylation sites (tertiary alicyclic amines) is 1. The van der Waals surface area contributed by atoms with Crippen LogP contribution in [0.1, 0.15) is 29.5 Å². The van der Waals surface area contributed by atoms with Crippen molar-refractivity contribution in [1.29, 1.82) is 0 Å². The lowest BCUT2D eigenvalue weighted by atomic mass is 10.2. The van der Waals surface area contributed by atoms with Gasteiger partial charge in [-0.15, -0.1) is 0 Å². The van der Waals surface area contributed by atoms with Crippen LogP contribution in [-0.2, 0) is 29.2 Å². The molecule has 3 nitrogen and oxygen atoms in total. The van der Waals surface area contributed by atoms with E-state index in [1.165, 1.54) is 16.7 Å². The zero-order chi connectivity index (χ0) is 20.4. The highest BCUT2D eigenvalue weighted by molar-refractivity contribution is 5.16. The summed E-state index contributed by atoms with van der Waals surface area (Å²) in [6.07, 6.45) is 2.31. The quantitative estimate of drug-likeness (QED) is 0.451. The van der Waals surface area contributed by atoms with Gasteiger partial charge in [0, 0.05) is 18.6 Å². The Kier molecular flexibility index (Phi) is 7.68. The van der Waals surface area contributed by atoms with Crippen LogP contribution >= 0.6 is 0 Å². The minimum Gasteiger partial charge on any atom is -0.375 e. The monoisotopic (exact) mass is 401 g/mol. The first-order chi connectivity index (χ1) is 14.9. The van der Waals surface area contributed by atoms with E-state index < -0.39 is 0 Å². The second-order valence-corrected chi connectivity index (χ2v) is 8.04. The molecule has 3 aromatic rings. The van der Waals surface area contributed by atoms with Gasteiger partial charge in [-0.2, -0.15) is 0 Å². The van der Waals surface area contributed by atoms with Crippen molar-refractivity contribution in [2.45, 2.75) is 44.7 Å². The normalized spacial score (nSPS) is 19.2. The molecular formula is C27H31NO2. The Balaban J connectivity index is 1.34. The molecule has 1 fully saturated rings. The van der Waals surface area contributed by atoms with Crippen LogP contribution < -0.4 is 0 Å². The number of benzene rings is 3. The minimum absolute atomic E-state index is 0.430. The standard InChI is InChI=1S/C27H31NO2/c1-4-10-23(11-5-1)18-28-26(21-29-19-24-12-6-2-7-13-24)16-17-27(28)22-30-20-25-14-8-3-9-15-25/h1-15,26-27H,16-22H2/t26-,27-/m1/s1. The highest BCUT2D eigenvalue weighted by Gasteiger charge is 2.33. The van der Waals surface area contributed by atoms with Gasteiger partial charge in [-0.05, 0) is 29.5 Å². The Labute approximate surface area is 180 Å². The summed E-state index contributed by atoms with van der Waals surface area (Å²) in [5.74, 6) is 0.